The van der Waals surface area contributed by atoms with Crippen LogP contribution >= 0.6 is 11.6 Å². The fourth-order valence-electron chi connectivity index (χ4n) is 2.93. The molecule has 10 heteroatoms. The largest absolute Gasteiger partial charge is 0.494 e. The number of carbonyl (C=O) groups is 2. The lowest BCUT2D eigenvalue weighted by molar-refractivity contribution is -0.121. The van der Waals surface area contributed by atoms with Gasteiger partial charge in [0.05, 0.1) is 23.6 Å². The molecule has 1 aliphatic heterocycles. The highest BCUT2D eigenvalue weighted by Crippen LogP contribution is 2.30. The highest BCUT2D eigenvalue weighted by molar-refractivity contribution is 7.89. The van der Waals surface area contributed by atoms with Crippen LogP contribution in [0.2, 0.25) is 5.02 Å². The topological polar surface area (TPSA) is 105 Å². The second-order valence-corrected chi connectivity index (χ2v) is 8.45. The summed E-state index contributed by atoms with van der Waals surface area (Å²) in [6, 6.07) is 9.73. The van der Waals surface area contributed by atoms with E-state index in [0.29, 0.717) is 28.6 Å². The van der Waals surface area contributed by atoms with Gasteiger partial charge in [-0.2, -0.15) is 0 Å². The number of benzene rings is 2. The summed E-state index contributed by atoms with van der Waals surface area (Å²) < 4.78 is 30.2. The number of hydrogen-bond donors (Lipinski definition) is 2. The Morgan fingerprint density at radius 1 is 1.17 bits per heavy atom. The second-order valence-electron chi connectivity index (χ2n) is 6.36. The minimum Gasteiger partial charge on any atom is -0.494 e. The average Bonchev–Trinajstić information content (AvgIpc) is 2.97. The van der Waals surface area contributed by atoms with Crippen molar-refractivity contribution in [3.8, 4) is 5.75 Å². The van der Waals surface area contributed by atoms with Crippen LogP contribution in [0.1, 0.15) is 18.9 Å². The van der Waals surface area contributed by atoms with Gasteiger partial charge in [0.25, 0.3) is 15.9 Å². The number of ether oxygens (including phenoxy) is 1. The van der Waals surface area contributed by atoms with Gasteiger partial charge in [-0.1, -0.05) is 17.7 Å². The molecule has 8 nitrogen and oxygen atoms in total. The van der Waals surface area contributed by atoms with E-state index in [-0.39, 0.29) is 11.3 Å². The third-order valence-electron chi connectivity index (χ3n) is 4.44. The molecule has 2 aromatic carbocycles. The molecule has 1 atom stereocenters. The fraction of sp³-hybridized carbons (Fsp3) is 0.263. The van der Waals surface area contributed by atoms with Crippen molar-refractivity contribution in [3.05, 3.63) is 53.1 Å². The van der Waals surface area contributed by atoms with E-state index < -0.39 is 27.9 Å². The quantitative estimate of drug-likeness (QED) is 0.508. The number of carbonyl (C=O) groups excluding carboxylic acids is 2. The maximum Gasteiger partial charge on any atom is 0.253 e. The summed E-state index contributed by atoms with van der Waals surface area (Å²) in [6.45, 7) is 3.99. The fourth-order valence-corrected chi connectivity index (χ4v) is 4.00. The summed E-state index contributed by atoms with van der Waals surface area (Å²) >= 11 is 6.08. The molecule has 0 saturated carbocycles. The van der Waals surface area contributed by atoms with Gasteiger partial charge < -0.3 is 4.74 Å². The first-order valence-electron chi connectivity index (χ1n) is 8.86. The third kappa shape index (κ3) is 4.43. The van der Waals surface area contributed by atoms with Gasteiger partial charge in [0.1, 0.15) is 11.8 Å². The Morgan fingerprint density at radius 2 is 1.86 bits per heavy atom. The normalized spacial score (nSPS) is 17.1. The molecule has 0 aliphatic carbocycles. The minimum absolute atomic E-state index is 0.00670. The van der Waals surface area contributed by atoms with Crippen molar-refractivity contribution in [2.24, 2.45) is 0 Å². The Bertz CT molecular complexity index is 1040. The van der Waals surface area contributed by atoms with Crippen LogP contribution in [0.5, 0.6) is 5.75 Å². The Morgan fingerprint density at radius 3 is 2.52 bits per heavy atom. The number of halogens is 1. The number of imide groups is 1. The molecule has 0 bridgehead atoms. The van der Waals surface area contributed by atoms with Gasteiger partial charge in [-0.15, -0.1) is 4.83 Å². The number of rotatable bonds is 7. The Hall–Kier alpha value is -2.46. The average molecular weight is 438 g/mol. The Kier molecular flexibility index (Phi) is 6.23. The van der Waals surface area contributed by atoms with E-state index in [4.69, 9.17) is 16.3 Å². The predicted molar refractivity (Wildman–Crippen MR) is 108 cm³/mol. The molecule has 1 saturated heterocycles. The van der Waals surface area contributed by atoms with Gasteiger partial charge in [-0.25, -0.2) is 18.7 Å². The highest BCUT2D eigenvalue weighted by atomic mass is 35.5. The maximum absolute atomic E-state index is 12.7. The highest BCUT2D eigenvalue weighted by Gasteiger charge is 2.40. The van der Waals surface area contributed by atoms with Gasteiger partial charge in [0.2, 0.25) is 5.91 Å². The van der Waals surface area contributed by atoms with E-state index in [0.717, 1.165) is 4.90 Å². The van der Waals surface area contributed by atoms with E-state index in [2.05, 4.69) is 10.3 Å². The van der Waals surface area contributed by atoms with Crippen molar-refractivity contribution in [2.45, 2.75) is 31.2 Å². The van der Waals surface area contributed by atoms with Crippen LogP contribution in [0, 0.1) is 6.92 Å². The molecule has 3 rings (SSSR count). The van der Waals surface area contributed by atoms with Gasteiger partial charge in [-0.05, 0) is 55.8 Å². The van der Waals surface area contributed by atoms with E-state index in [9.17, 15) is 18.0 Å². The predicted octanol–water partition coefficient (Wildman–Crippen LogP) is 2.16. The molecule has 2 aromatic rings. The standard InChI is InChI=1S/C19H20ClN3O5S/c1-3-28-13-7-9-14(10-8-13)29(26,27)22-21-16-11-18(24)23(19(16)25)17-6-4-5-15(20)12(17)2/h4-10,16,21-22H,3,11H2,1-2H3/t16-/m1/s1. The van der Waals surface area contributed by atoms with E-state index in [1.165, 1.54) is 24.3 Å². The summed E-state index contributed by atoms with van der Waals surface area (Å²) in [7, 11) is -3.94. The zero-order chi connectivity index (χ0) is 21.2. The van der Waals surface area contributed by atoms with Gasteiger partial charge in [0, 0.05) is 5.02 Å². The molecule has 154 valence electrons. The maximum atomic E-state index is 12.7. The number of nitrogens with zero attached hydrogens (tertiary/aromatic N) is 1. The first-order chi connectivity index (χ1) is 13.7. The lowest BCUT2D eigenvalue weighted by Gasteiger charge is -2.18. The molecule has 2 amide bonds. The van der Waals surface area contributed by atoms with Crippen molar-refractivity contribution >= 4 is 39.1 Å². The molecule has 1 heterocycles. The van der Waals surface area contributed by atoms with Crippen LogP contribution in [0.25, 0.3) is 0 Å². The van der Waals surface area contributed by atoms with Crippen molar-refractivity contribution < 1.29 is 22.7 Å². The molecule has 1 fully saturated rings. The molecule has 0 spiro atoms. The molecular formula is C19H20ClN3O5S. The van der Waals surface area contributed by atoms with E-state index in [1.807, 2.05) is 6.92 Å². The summed E-state index contributed by atoms with van der Waals surface area (Å²) in [5.74, 6) is -0.462. The van der Waals surface area contributed by atoms with Crippen LogP contribution in [-0.2, 0) is 19.6 Å². The molecule has 2 N–H and O–H groups in total. The van der Waals surface area contributed by atoms with Gasteiger partial charge in [-0.3, -0.25) is 9.59 Å². The van der Waals surface area contributed by atoms with Crippen LogP contribution in [0.15, 0.2) is 47.4 Å². The molecular weight excluding hydrogens is 418 g/mol. The lowest BCUT2D eigenvalue weighted by atomic mass is 10.2. The number of hydrazine groups is 1. The SMILES string of the molecule is CCOc1ccc(S(=O)(=O)NN[C@@H]2CC(=O)N(c3cccc(Cl)c3C)C2=O)cc1. The number of anilines is 1. The monoisotopic (exact) mass is 437 g/mol. The number of hydrogen-bond acceptors (Lipinski definition) is 6. The summed E-state index contributed by atoms with van der Waals surface area (Å²) in [5, 5.41) is 0.427. The van der Waals surface area contributed by atoms with Crippen molar-refractivity contribution in [1.29, 1.82) is 0 Å². The molecule has 29 heavy (non-hydrogen) atoms. The zero-order valence-corrected chi connectivity index (χ0v) is 17.4. The number of sulfonamides is 1. The summed E-state index contributed by atoms with van der Waals surface area (Å²) in [6.07, 6.45) is -0.184. The van der Waals surface area contributed by atoms with Gasteiger partial charge in [0.15, 0.2) is 0 Å². The van der Waals surface area contributed by atoms with Crippen LogP contribution in [0.4, 0.5) is 5.69 Å². The van der Waals surface area contributed by atoms with Crippen molar-refractivity contribution in [1.82, 2.24) is 10.3 Å². The van der Waals surface area contributed by atoms with Crippen molar-refractivity contribution in [3.63, 3.8) is 0 Å². The molecule has 0 radical (unpaired) electrons. The first kappa shape index (κ1) is 21.3. The minimum atomic E-state index is -3.94. The van der Waals surface area contributed by atoms with Crippen LogP contribution in [0.3, 0.4) is 0 Å². The third-order valence-corrected chi connectivity index (χ3v) is 6.13. The van der Waals surface area contributed by atoms with Crippen LogP contribution < -0.4 is 19.9 Å². The molecule has 0 aromatic heterocycles. The van der Waals surface area contributed by atoms with Crippen molar-refractivity contribution in [2.75, 3.05) is 11.5 Å². The Labute approximate surface area is 173 Å². The summed E-state index contributed by atoms with van der Waals surface area (Å²) in [4.78, 5) is 28.3. The van der Waals surface area contributed by atoms with Crippen LogP contribution in [-0.4, -0.2) is 32.9 Å². The smallest absolute Gasteiger partial charge is 0.253 e. The second kappa shape index (κ2) is 8.50. The van der Waals surface area contributed by atoms with E-state index in [1.54, 1.807) is 25.1 Å². The molecule has 1 aliphatic rings. The number of amides is 2. The first-order valence-corrected chi connectivity index (χ1v) is 10.7. The van der Waals surface area contributed by atoms with Gasteiger partial charge >= 0.3 is 0 Å². The summed E-state index contributed by atoms with van der Waals surface area (Å²) in [5.41, 5.74) is 3.43. The van der Waals surface area contributed by atoms with E-state index >= 15 is 0 Å². The number of nitrogens with one attached hydrogen (secondary N) is 2. The zero-order valence-electron chi connectivity index (χ0n) is 15.8. The lowest BCUT2D eigenvalue weighted by Crippen LogP contribution is -2.48. The Balaban J connectivity index is 1.72. The molecule has 0 unspecified atom stereocenters.